The molecule has 0 N–H and O–H groups in total. The van der Waals surface area contributed by atoms with Crippen LogP contribution >= 0.6 is 11.8 Å². The normalized spacial score (nSPS) is 14.4. The molecule has 0 bridgehead atoms. The lowest BCUT2D eigenvalue weighted by molar-refractivity contribution is -0.129. The zero-order chi connectivity index (χ0) is 19.6. The molecule has 3 rings (SSSR count). The van der Waals surface area contributed by atoms with Gasteiger partial charge in [0.05, 0.1) is 10.9 Å². The number of amides is 1. The minimum Gasteiger partial charge on any atom is -0.340 e. The molecule has 1 atom stereocenters. The average Bonchev–Trinajstić information content (AvgIpc) is 2.65. The van der Waals surface area contributed by atoms with Crippen molar-refractivity contribution in [1.29, 1.82) is 0 Å². The van der Waals surface area contributed by atoms with Crippen LogP contribution in [-0.4, -0.2) is 40.2 Å². The van der Waals surface area contributed by atoms with Crippen LogP contribution < -0.4 is 0 Å². The molecule has 1 aliphatic rings. The van der Waals surface area contributed by atoms with Gasteiger partial charge < -0.3 is 9.80 Å². The van der Waals surface area contributed by atoms with Crippen LogP contribution in [0.1, 0.15) is 18.1 Å². The van der Waals surface area contributed by atoms with E-state index in [0.29, 0.717) is 6.54 Å². The van der Waals surface area contributed by atoms with Gasteiger partial charge in [0, 0.05) is 31.9 Å². The lowest BCUT2D eigenvalue weighted by Crippen LogP contribution is -2.35. The van der Waals surface area contributed by atoms with Gasteiger partial charge in [0.25, 0.3) is 0 Å². The predicted octanol–water partition coefficient (Wildman–Crippen LogP) is 4.51. The van der Waals surface area contributed by atoms with Gasteiger partial charge in [-0.2, -0.15) is 0 Å². The minimum absolute atomic E-state index is 0.0372. The summed E-state index contributed by atoms with van der Waals surface area (Å²) in [5.74, 6) is -0.337. The number of rotatable bonds is 4. The smallest absolute Gasteiger partial charge is 0.235 e. The molecule has 1 amide bonds. The first-order chi connectivity index (χ1) is 12.9. The Hall–Kier alpha value is -2.60. The van der Waals surface area contributed by atoms with E-state index in [1.54, 1.807) is 18.0 Å². The number of para-hydroxylation sites is 1. The highest BCUT2D eigenvalue weighted by atomic mass is 32.2. The number of benzene rings is 2. The quantitative estimate of drug-likeness (QED) is 0.779. The number of nitrogens with zero attached hydrogens (tertiary/aromatic N) is 3. The third-order valence-electron chi connectivity index (χ3n) is 4.44. The average molecular weight is 383 g/mol. The Morgan fingerprint density at radius 2 is 2.04 bits per heavy atom. The van der Waals surface area contributed by atoms with E-state index >= 15 is 0 Å². The molecule has 1 aliphatic heterocycles. The van der Waals surface area contributed by atoms with Crippen molar-refractivity contribution in [2.45, 2.75) is 18.7 Å². The number of aliphatic imine (C=N–C) groups is 1. The molecule has 140 valence electrons. The van der Waals surface area contributed by atoms with Gasteiger partial charge in [0.2, 0.25) is 5.91 Å². The van der Waals surface area contributed by atoms with Crippen molar-refractivity contribution in [2.24, 2.45) is 4.99 Å². The van der Waals surface area contributed by atoms with Crippen molar-refractivity contribution in [3.05, 3.63) is 72.1 Å². The Balaban J connectivity index is 1.71. The fourth-order valence-electron chi connectivity index (χ4n) is 2.90. The fraction of sp³-hybridized carbons (Fsp3) is 0.238. The van der Waals surface area contributed by atoms with Gasteiger partial charge in [0.15, 0.2) is 5.17 Å². The highest BCUT2D eigenvalue weighted by Crippen LogP contribution is 2.35. The molecule has 6 heteroatoms. The Morgan fingerprint density at radius 3 is 2.78 bits per heavy atom. The van der Waals surface area contributed by atoms with Crippen LogP contribution in [0.5, 0.6) is 0 Å². The minimum atomic E-state index is -0.331. The number of fused-ring (bicyclic) bond motifs is 1. The first kappa shape index (κ1) is 19.2. The van der Waals surface area contributed by atoms with E-state index in [2.05, 4.69) is 11.6 Å². The number of thioether (sulfide) groups is 1. The molecule has 2 aromatic rings. The van der Waals surface area contributed by atoms with Crippen molar-refractivity contribution in [3.63, 3.8) is 0 Å². The molecular weight excluding hydrogens is 361 g/mol. The van der Waals surface area contributed by atoms with Crippen molar-refractivity contribution < 1.29 is 9.18 Å². The summed E-state index contributed by atoms with van der Waals surface area (Å²) in [5.41, 5.74) is 3.47. The van der Waals surface area contributed by atoms with E-state index < -0.39 is 0 Å². The van der Waals surface area contributed by atoms with Crippen LogP contribution in [-0.2, 0) is 11.3 Å². The Labute approximate surface area is 163 Å². The zero-order valence-electron chi connectivity index (χ0n) is 15.6. The summed E-state index contributed by atoms with van der Waals surface area (Å²) < 4.78 is 13.4. The maximum Gasteiger partial charge on any atom is 0.235 e. The Bertz CT molecular complexity index is 912. The van der Waals surface area contributed by atoms with Gasteiger partial charge in [-0.1, -0.05) is 48.7 Å². The van der Waals surface area contributed by atoms with Crippen LogP contribution in [0.25, 0.3) is 5.70 Å². The molecule has 0 saturated heterocycles. The summed E-state index contributed by atoms with van der Waals surface area (Å²) in [6.07, 6.45) is 0. The third-order valence-corrected chi connectivity index (χ3v) is 5.57. The summed E-state index contributed by atoms with van der Waals surface area (Å²) in [6, 6.07) is 14.1. The molecule has 0 spiro atoms. The van der Waals surface area contributed by atoms with Gasteiger partial charge in [-0.15, -0.1) is 0 Å². The molecule has 1 heterocycles. The molecular formula is C21H22FN3OS. The van der Waals surface area contributed by atoms with E-state index in [0.717, 1.165) is 27.7 Å². The first-order valence-electron chi connectivity index (χ1n) is 8.63. The third kappa shape index (κ3) is 4.22. The van der Waals surface area contributed by atoms with Crippen molar-refractivity contribution in [2.75, 3.05) is 14.1 Å². The first-order valence-corrected chi connectivity index (χ1v) is 9.51. The van der Waals surface area contributed by atoms with E-state index in [1.807, 2.05) is 49.2 Å². The van der Waals surface area contributed by atoms with Crippen LogP contribution in [0.3, 0.4) is 0 Å². The zero-order valence-corrected chi connectivity index (χ0v) is 16.5. The van der Waals surface area contributed by atoms with Crippen molar-refractivity contribution >= 4 is 34.2 Å². The molecule has 0 saturated carbocycles. The van der Waals surface area contributed by atoms with Gasteiger partial charge in [-0.25, -0.2) is 9.38 Å². The maximum absolute atomic E-state index is 13.4. The Morgan fingerprint density at radius 1 is 1.30 bits per heavy atom. The molecule has 4 nitrogen and oxygen atoms in total. The number of carbonyl (C=O) groups excluding carboxylic acids is 1. The van der Waals surface area contributed by atoms with Crippen molar-refractivity contribution in [3.8, 4) is 0 Å². The largest absolute Gasteiger partial charge is 0.340 e. The summed E-state index contributed by atoms with van der Waals surface area (Å²) in [6.45, 7) is 6.36. The number of hydrogen-bond acceptors (Lipinski definition) is 4. The molecule has 0 aromatic heterocycles. The van der Waals surface area contributed by atoms with Gasteiger partial charge in [-0.3, -0.25) is 4.79 Å². The lowest BCUT2D eigenvalue weighted by atomic mass is 10.1. The summed E-state index contributed by atoms with van der Waals surface area (Å²) in [4.78, 5) is 20.9. The highest BCUT2D eigenvalue weighted by Gasteiger charge is 2.26. The molecule has 2 aromatic carbocycles. The highest BCUT2D eigenvalue weighted by molar-refractivity contribution is 8.14. The summed E-state index contributed by atoms with van der Waals surface area (Å²) in [5, 5.41) is 0.404. The van der Waals surface area contributed by atoms with E-state index in [-0.39, 0.29) is 17.0 Å². The molecule has 0 fully saturated rings. The van der Waals surface area contributed by atoms with Crippen molar-refractivity contribution in [1.82, 2.24) is 9.80 Å². The van der Waals surface area contributed by atoms with Gasteiger partial charge >= 0.3 is 0 Å². The molecule has 0 aliphatic carbocycles. The second-order valence-corrected chi connectivity index (χ2v) is 7.81. The molecule has 0 radical (unpaired) electrons. The van der Waals surface area contributed by atoms with Gasteiger partial charge in [-0.05, 0) is 30.7 Å². The Kier molecular flexibility index (Phi) is 5.65. The fourth-order valence-corrected chi connectivity index (χ4v) is 3.92. The van der Waals surface area contributed by atoms with E-state index in [9.17, 15) is 9.18 Å². The van der Waals surface area contributed by atoms with Crippen LogP contribution in [0.4, 0.5) is 10.1 Å². The summed E-state index contributed by atoms with van der Waals surface area (Å²) >= 11 is 1.40. The van der Waals surface area contributed by atoms with Gasteiger partial charge in [0.1, 0.15) is 5.82 Å². The number of carbonyl (C=O) groups is 1. The van der Waals surface area contributed by atoms with E-state index in [1.165, 1.54) is 23.9 Å². The van der Waals surface area contributed by atoms with Crippen LogP contribution in [0.2, 0.25) is 0 Å². The monoisotopic (exact) mass is 383 g/mol. The topological polar surface area (TPSA) is 35.9 Å². The number of hydrogen-bond donors (Lipinski definition) is 0. The number of halogens is 1. The maximum atomic E-state index is 13.4. The number of amidine groups is 1. The van der Waals surface area contributed by atoms with Crippen LogP contribution in [0, 0.1) is 5.82 Å². The molecule has 1 unspecified atom stereocenters. The standard InChI is InChI=1S/C21H22FN3OS/c1-14-18-10-5-6-11-19(18)23-21(25(14)4)27-15(2)20(26)24(3)13-16-8-7-9-17(22)12-16/h5-12,15H,1,13H2,2-4H3. The van der Waals surface area contributed by atoms with E-state index in [4.69, 9.17) is 0 Å². The SMILES string of the molecule is C=C1c2ccccc2N=C(SC(C)C(=O)N(C)Cc2cccc(F)c2)N1C. The van der Waals surface area contributed by atoms with Crippen LogP contribution in [0.15, 0.2) is 60.1 Å². The molecule has 27 heavy (non-hydrogen) atoms. The summed E-state index contributed by atoms with van der Waals surface area (Å²) in [7, 11) is 3.63. The second-order valence-electron chi connectivity index (χ2n) is 6.50. The predicted molar refractivity (Wildman–Crippen MR) is 110 cm³/mol. The lowest BCUT2D eigenvalue weighted by Gasteiger charge is -2.30. The second kappa shape index (κ2) is 7.96.